The molecule has 0 aliphatic carbocycles. The Morgan fingerprint density at radius 2 is 2.04 bits per heavy atom. The first-order chi connectivity index (χ1) is 12.2. The van der Waals surface area contributed by atoms with Crippen LogP contribution in [0, 0.1) is 6.92 Å². The Bertz CT molecular complexity index is 669. The molecule has 25 heavy (non-hydrogen) atoms. The zero-order valence-corrected chi connectivity index (χ0v) is 15.4. The van der Waals surface area contributed by atoms with Crippen LogP contribution in [-0.4, -0.2) is 56.7 Å². The molecule has 1 atom stereocenters. The molecule has 2 heterocycles. The standard InChI is InChI=1S/C20H30N4O/c1-3-23-10-9-21-20(23)16-22-11-12-24(19(15-22)8-13-25)14-18-7-5-4-6-17(18)2/h4-7,9-10,19,25H,3,8,11-16H2,1-2H3/t19-/m0/s1. The minimum atomic E-state index is 0.242. The highest BCUT2D eigenvalue weighted by molar-refractivity contribution is 5.25. The Balaban J connectivity index is 1.65. The van der Waals surface area contributed by atoms with Crippen LogP contribution in [0.1, 0.15) is 30.3 Å². The minimum Gasteiger partial charge on any atom is -0.396 e. The number of aromatic nitrogens is 2. The van der Waals surface area contributed by atoms with Gasteiger partial charge in [0.1, 0.15) is 5.82 Å². The fourth-order valence-electron chi connectivity index (χ4n) is 3.72. The predicted octanol–water partition coefficient (Wildman–Crippen LogP) is 2.28. The van der Waals surface area contributed by atoms with E-state index >= 15 is 0 Å². The molecule has 5 heteroatoms. The van der Waals surface area contributed by atoms with Crippen LogP contribution in [0.25, 0.3) is 0 Å². The normalized spacial score (nSPS) is 19.4. The van der Waals surface area contributed by atoms with Crippen molar-refractivity contribution in [2.45, 2.75) is 45.9 Å². The zero-order chi connectivity index (χ0) is 17.6. The van der Waals surface area contributed by atoms with E-state index in [-0.39, 0.29) is 6.61 Å². The maximum absolute atomic E-state index is 9.52. The lowest BCUT2D eigenvalue weighted by Gasteiger charge is -2.41. The average molecular weight is 342 g/mol. The van der Waals surface area contributed by atoms with Gasteiger partial charge in [-0.25, -0.2) is 4.98 Å². The first-order valence-electron chi connectivity index (χ1n) is 9.33. The molecule has 1 saturated heterocycles. The van der Waals surface area contributed by atoms with Gasteiger partial charge in [-0.3, -0.25) is 9.80 Å². The summed E-state index contributed by atoms with van der Waals surface area (Å²) in [4.78, 5) is 9.51. The molecule has 0 spiro atoms. The van der Waals surface area contributed by atoms with Crippen LogP contribution in [-0.2, 0) is 19.6 Å². The van der Waals surface area contributed by atoms with Gasteiger partial charge in [-0.2, -0.15) is 0 Å². The number of benzene rings is 1. The number of piperazine rings is 1. The number of aliphatic hydroxyl groups excluding tert-OH is 1. The highest BCUT2D eigenvalue weighted by atomic mass is 16.3. The third kappa shape index (κ3) is 4.48. The summed E-state index contributed by atoms with van der Waals surface area (Å²) in [7, 11) is 0. The largest absolute Gasteiger partial charge is 0.396 e. The van der Waals surface area contributed by atoms with Gasteiger partial charge in [-0.15, -0.1) is 0 Å². The molecule has 0 radical (unpaired) electrons. The van der Waals surface area contributed by atoms with Crippen molar-refractivity contribution in [2.75, 3.05) is 26.2 Å². The summed E-state index contributed by atoms with van der Waals surface area (Å²) in [6.45, 7) is 10.5. The Morgan fingerprint density at radius 1 is 1.20 bits per heavy atom. The fraction of sp³-hybridized carbons (Fsp3) is 0.550. The number of rotatable bonds is 7. The first-order valence-corrected chi connectivity index (χ1v) is 9.33. The van der Waals surface area contributed by atoms with E-state index in [1.165, 1.54) is 11.1 Å². The molecule has 1 N–H and O–H groups in total. The second-order valence-electron chi connectivity index (χ2n) is 6.93. The number of hydrogen-bond donors (Lipinski definition) is 1. The highest BCUT2D eigenvalue weighted by Gasteiger charge is 2.27. The van der Waals surface area contributed by atoms with Crippen molar-refractivity contribution in [3.05, 3.63) is 53.6 Å². The molecule has 1 aliphatic rings. The topological polar surface area (TPSA) is 44.5 Å². The van der Waals surface area contributed by atoms with E-state index < -0.39 is 0 Å². The van der Waals surface area contributed by atoms with Crippen LogP contribution in [0.4, 0.5) is 0 Å². The number of imidazole rings is 1. The van der Waals surface area contributed by atoms with Gasteiger partial charge in [0, 0.05) is 57.8 Å². The van der Waals surface area contributed by atoms with Crippen LogP contribution in [0.5, 0.6) is 0 Å². The Labute approximate surface area is 150 Å². The predicted molar refractivity (Wildman–Crippen MR) is 100 cm³/mol. The van der Waals surface area contributed by atoms with E-state index in [2.05, 4.69) is 63.7 Å². The summed E-state index contributed by atoms with van der Waals surface area (Å²) >= 11 is 0. The van der Waals surface area contributed by atoms with Crippen molar-refractivity contribution < 1.29 is 5.11 Å². The van der Waals surface area contributed by atoms with Crippen LogP contribution >= 0.6 is 0 Å². The number of aryl methyl sites for hydroxylation is 2. The molecule has 1 aliphatic heterocycles. The maximum atomic E-state index is 9.52. The van der Waals surface area contributed by atoms with Gasteiger partial charge in [-0.05, 0) is 31.4 Å². The van der Waals surface area contributed by atoms with E-state index in [0.29, 0.717) is 6.04 Å². The Hall–Kier alpha value is -1.69. The van der Waals surface area contributed by atoms with E-state index in [1.807, 2.05) is 6.20 Å². The fourth-order valence-corrected chi connectivity index (χ4v) is 3.72. The van der Waals surface area contributed by atoms with Crippen LogP contribution in [0.2, 0.25) is 0 Å². The molecule has 2 aromatic rings. The molecule has 0 saturated carbocycles. The molecule has 1 aromatic carbocycles. The minimum absolute atomic E-state index is 0.242. The smallest absolute Gasteiger partial charge is 0.122 e. The summed E-state index contributed by atoms with van der Waals surface area (Å²) in [6.07, 6.45) is 4.76. The van der Waals surface area contributed by atoms with Gasteiger partial charge < -0.3 is 9.67 Å². The van der Waals surface area contributed by atoms with Crippen molar-refractivity contribution >= 4 is 0 Å². The number of hydrogen-bond acceptors (Lipinski definition) is 4. The van der Waals surface area contributed by atoms with Crippen LogP contribution < -0.4 is 0 Å². The van der Waals surface area contributed by atoms with Crippen molar-refractivity contribution in [3.63, 3.8) is 0 Å². The van der Waals surface area contributed by atoms with E-state index in [4.69, 9.17) is 0 Å². The van der Waals surface area contributed by atoms with E-state index in [1.54, 1.807) is 0 Å². The molecular formula is C20H30N4O. The van der Waals surface area contributed by atoms with Crippen molar-refractivity contribution in [3.8, 4) is 0 Å². The summed E-state index contributed by atoms with van der Waals surface area (Å²) in [5.41, 5.74) is 2.73. The molecular weight excluding hydrogens is 312 g/mol. The van der Waals surface area contributed by atoms with Gasteiger partial charge in [0.2, 0.25) is 0 Å². The van der Waals surface area contributed by atoms with Crippen molar-refractivity contribution in [2.24, 2.45) is 0 Å². The highest BCUT2D eigenvalue weighted by Crippen LogP contribution is 2.19. The summed E-state index contributed by atoms with van der Waals surface area (Å²) in [5, 5.41) is 9.52. The SMILES string of the molecule is CCn1ccnc1CN1CCN(Cc2ccccc2C)[C@@H](CCO)C1. The molecule has 3 rings (SSSR count). The molecule has 1 fully saturated rings. The zero-order valence-electron chi connectivity index (χ0n) is 15.4. The van der Waals surface area contributed by atoms with E-state index in [0.717, 1.165) is 51.5 Å². The number of nitrogens with zero attached hydrogens (tertiary/aromatic N) is 4. The lowest BCUT2D eigenvalue weighted by molar-refractivity contribution is 0.0481. The third-order valence-corrected chi connectivity index (χ3v) is 5.29. The van der Waals surface area contributed by atoms with Crippen LogP contribution in [0.3, 0.4) is 0 Å². The Morgan fingerprint density at radius 3 is 2.80 bits per heavy atom. The van der Waals surface area contributed by atoms with Gasteiger partial charge in [0.15, 0.2) is 0 Å². The van der Waals surface area contributed by atoms with E-state index in [9.17, 15) is 5.11 Å². The van der Waals surface area contributed by atoms with Crippen molar-refractivity contribution in [1.29, 1.82) is 0 Å². The second kappa shape index (κ2) is 8.61. The molecule has 0 bridgehead atoms. The molecule has 5 nitrogen and oxygen atoms in total. The molecule has 1 aromatic heterocycles. The second-order valence-corrected chi connectivity index (χ2v) is 6.93. The Kier molecular flexibility index (Phi) is 6.24. The first kappa shape index (κ1) is 18.1. The summed E-state index contributed by atoms with van der Waals surface area (Å²) in [6, 6.07) is 9.00. The van der Waals surface area contributed by atoms with Gasteiger partial charge >= 0.3 is 0 Å². The van der Waals surface area contributed by atoms with Crippen LogP contribution in [0.15, 0.2) is 36.7 Å². The number of aliphatic hydroxyl groups is 1. The monoisotopic (exact) mass is 342 g/mol. The maximum Gasteiger partial charge on any atom is 0.122 e. The quantitative estimate of drug-likeness (QED) is 0.838. The van der Waals surface area contributed by atoms with Gasteiger partial charge in [0.25, 0.3) is 0 Å². The van der Waals surface area contributed by atoms with Crippen molar-refractivity contribution in [1.82, 2.24) is 19.4 Å². The lowest BCUT2D eigenvalue weighted by Crippen LogP contribution is -2.52. The summed E-state index contributed by atoms with van der Waals surface area (Å²) < 4.78 is 2.21. The molecule has 136 valence electrons. The third-order valence-electron chi connectivity index (χ3n) is 5.29. The molecule has 0 unspecified atom stereocenters. The van der Waals surface area contributed by atoms with Gasteiger partial charge in [0.05, 0.1) is 6.54 Å². The lowest BCUT2D eigenvalue weighted by atomic mass is 10.0. The average Bonchev–Trinajstić information content (AvgIpc) is 3.06. The van der Waals surface area contributed by atoms with Gasteiger partial charge in [-0.1, -0.05) is 24.3 Å². The molecule has 0 amide bonds. The summed E-state index contributed by atoms with van der Waals surface area (Å²) in [5.74, 6) is 1.14.